The molecule has 0 aliphatic carbocycles. The number of nitrogens with zero attached hydrogens (tertiary/aromatic N) is 1. The van der Waals surface area contributed by atoms with E-state index >= 15 is 0 Å². The molecule has 0 radical (unpaired) electrons. The van der Waals surface area contributed by atoms with Crippen LogP contribution in [0, 0.1) is 6.92 Å². The highest BCUT2D eigenvalue weighted by Gasteiger charge is 2.03. The highest BCUT2D eigenvalue weighted by atomic mass is 79.9. The number of carbonyl (C=O) groups is 1. The molecule has 64 valence electrons. The van der Waals surface area contributed by atoms with Crippen molar-refractivity contribution in [2.75, 3.05) is 0 Å². The van der Waals surface area contributed by atoms with Gasteiger partial charge < -0.3 is 5.11 Å². The van der Waals surface area contributed by atoms with Gasteiger partial charge in [-0.25, -0.2) is 0 Å². The average Bonchev–Trinajstić information content (AvgIpc) is 1.96. The fourth-order valence-electron chi connectivity index (χ4n) is 0.849. The van der Waals surface area contributed by atoms with Gasteiger partial charge in [0.2, 0.25) is 0 Å². The second kappa shape index (κ2) is 3.67. The summed E-state index contributed by atoms with van der Waals surface area (Å²) in [4.78, 5) is 14.4. The van der Waals surface area contributed by atoms with E-state index in [-0.39, 0.29) is 6.42 Å². The third-order valence-electron chi connectivity index (χ3n) is 1.41. The van der Waals surface area contributed by atoms with E-state index in [4.69, 9.17) is 5.11 Å². The molecule has 0 spiro atoms. The second-order valence-corrected chi connectivity index (χ2v) is 3.29. The number of pyridine rings is 1. The lowest BCUT2D eigenvalue weighted by Crippen LogP contribution is -2.02. The Balaban J connectivity index is 2.89. The van der Waals surface area contributed by atoms with E-state index in [0.717, 1.165) is 10.2 Å². The molecule has 0 saturated heterocycles. The predicted molar refractivity (Wildman–Crippen MR) is 48.0 cm³/mol. The first-order valence-electron chi connectivity index (χ1n) is 3.43. The molecule has 0 aromatic carbocycles. The minimum absolute atomic E-state index is 0.0197. The van der Waals surface area contributed by atoms with Crippen LogP contribution in [0.2, 0.25) is 0 Å². The molecule has 0 amide bonds. The molecule has 4 heteroatoms. The maximum Gasteiger partial charge on any atom is 0.309 e. The molecule has 0 fully saturated rings. The molecule has 1 rings (SSSR count). The van der Waals surface area contributed by atoms with Gasteiger partial charge in [0.05, 0.1) is 17.8 Å². The SMILES string of the molecule is Cc1nc(CC(=O)O)ccc1Br. The number of aromatic nitrogens is 1. The normalized spacial score (nSPS) is 9.83. The highest BCUT2D eigenvalue weighted by Crippen LogP contribution is 2.13. The molecule has 1 aromatic heterocycles. The smallest absolute Gasteiger partial charge is 0.309 e. The van der Waals surface area contributed by atoms with Gasteiger partial charge in [0.15, 0.2) is 0 Å². The van der Waals surface area contributed by atoms with Crippen LogP contribution in [-0.2, 0) is 11.2 Å². The summed E-state index contributed by atoms with van der Waals surface area (Å²) in [5, 5.41) is 8.48. The zero-order valence-corrected chi connectivity index (χ0v) is 8.13. The van der Waals surface area contributed by atoms with Gasteiger partial charge in [-0.1, -0.05) is 0 Å². The van der Waals surface area contributed by atoms with E-state index in [1.807, 2.05) is 6.92 Å². The van der Waals surface area contributed by atoms with Gasteiger partial charge in [-0.2, -0.15) is 0 Å². The first-order valence-corrected chi connectivity index (χ1v) is 4.22. The van der Waals surface area contributed by atoms with E-state index in [0.29, 0.717) is 5.69 Å². The van der Waals surface area contributed by atoms with E-state index in [1.54, 1.807) is 12.1 Å². The summed E-state index contributed by atoms with van der Waals surface area (Å²) in [6.07, 6.45) is -0.0197. The molecule has 0 bridgehead atoms. The second-order valence-electron chi connectivity index (χ2n) is 2.44. The maximum absolute atomic E-state index is 10.3. The van der Waals surface area contributed by atoms with Crippen molar-refractivity contribution in [3.05, 3.63) is 28.0 Å². The summed E-state index contributed by atoms with van der Waals surface area (Å²) in [6, 6.07) is 3.51. The molecule has 3 nitrogen and oxygen atoms in total. The Bertz CT molecular complexity index is 312. The van der Waals surface area contributed by atoms with Crippen molar-refractivity contribution in [3.8, 4) is 0 Å². The molecule has 1 heterocycles. The van der Waals surface area contributed by atoms with Crippen molar-refractivity contribution in [2.45, 2.75) is 13.3 Å². The van der Waals surface area contributed by atoms with Crippen LogP contribution in [0.1, 0.15) is 11.4 Å². The number of aliphatic carboxylic acids is 1. The Hall–Kier alpha value is -0.900. The van der Waals surface area contributed by atoms with Crippen LogP contribution in [0.5, 0.6) is 0 Å². The predicted octanol–water partition coefficient (Wildman–Crippen LogP) is 1.78. The summed E-state index contributed by atoms with van der Waals surface area (Å²) in [5.41, 5.74) is 1.40. The fraction of sp³-hybridized carbons (Fsp3) is 0.250. The minimum Gasteiger partial charge on any atom is -0.481 e. The van der Waals surface area contributed by atoms with Crippen molar-refractivity contribution in [1.82, 2.24) is 4.98 Å². The lowest BCUT2D eigenvalue weighted by Gasteiger charge is -1.99. The number of aryl methyl sites for hydroxylation is 1. The lowest BCUT2D eigenvalue weighted by molar-refractivity contribution is -0.136. The third-order valence-corrected chi connectivity index (χ3v) is 2.25. The Morgan fingerprint density at radius 2 is 2.33 bits per heavy atom. The summed E-state index contributed by atoms with van der Waals surface area (Å²) >= 11 is 3.29. The van der Waals surface area contributed by atoms with Crippen molar-refractivity contribution < 1.29 is 9.90 Å². The summed E-state index contributed by atoms with van der Waals surface area (Å²) in [5.74, 6) is -0.857. The fourth-order valence-corrected chi connectivity index (χ4v) is 1.07. The summed E-state index contributed by atoms with van der Waals surface area (Å²) in [7, 11) is 0. The standard InChI is InChI=1S/C8H8BrNO2/c1-5-7(9)3-2-6(10-5)4-8(11)12/h2-3H,4H2,1H3,(H,11,12). The van der Waals surface area contributed by atoms with Crippen molar-refractivity contribution in [3.63, 3.8) is 0 Å². The first kappa shape index (κ1) is 9.19. The van der Waals surface area contributed by atoms with Crippen molar-refractivity contribution >= 4 is 21.9 Å². The maximum atomic E-state index is 10.3. The van der Waals surface area contributed by atoms with Gasteiger partial charge in [-0.15, -0.1) is 0 Å². The first-order chi connectivity index (χ1) is 5.59. The van der Waals surface area contributed by atoms with Crippen LogP contribution >= 0.6 is 15.9 Å². The van der Waals surface area contributed by atoms with Gasteiger partial charge in [-0.3, -0.25) is 9.78 Å². The van der Waals surface area contributed by atoms with Gasteiger partial charge in [0.25, 0.3) is 0 Å². The molecule has 0 saturated carbocycles. The van der Waals surface area contributed by atoms with Crippen LogP contribution in [0.3, 0.4) is 0 Å². The van der Waals surface area contributed by atoms with Crippen LogP contribution in [0.4, 0.5) is 0 Å². The lowest BCUT2D eigenvalue weighted by atomic mass is 10.2. The number of halogens is 1. The van der Waals surface area contributed by atoms with Crippen LogP contribution in [0.25, 0.3) is 0 Å². The van der Waals surface area contributed by atoms with E-state index in [2.05, 4.69) is 20.9 Å². The van der Waals surface area contributed by atoms with E-state index in [1.165, 1.54) is 0 Å². The zero-order valence-electron chi connectivity index (χ0n) is 6.54. The number of hydrogen-bond acceptors (Lipinski definition) is 2. The average molecular weight is 230 g/mol. The van der Waals surface area contributed by atoms with Crippen LogP contribution in [0.15, 0.2) is 16.6 Å². The third kappa shape index (κ3) is 2.30. The molecule has 0 unspecified atom stereocenters. The van der Waals surface area contributed by atoms with Crippen molar-refractivity contribution in [2.24, 2.45) is 0 Å². The molecular weight excluding hydrogens is 222 g/mol. The van der Waals surface area contributed by atoms with Gasteiger partial charge >= 0.3 is 5.97 Å². The Morgan fingerprint density at radius 3 is 2.83 bits per heavy atom. The summed E-state index contributed by atoms with van der Waals surface area (Å²) < 4.78 is 0.900. The molecule has 1 N–H and O–H groups in total. The Labute approximate surface area is 78.6 Å². The Morgan fingerprint density at radius 1 is 1.67 bits per heavy atom. The molecule has 0 aliphatic rings. The number of hydrogen-bond donors (Lipinski definition) is 1. The van der Waals surface area contributed by atoms with E-state index < -0.39 is 5.97 Å². The molecular formula is C8H8BrNO2. The van der Waals surface area contributed by atoms with Gasteiger partial charge in [0.1, 0.15) is 0 Å². The van der Waals surface area contributed by atoms with Crippen LogP contribution in [-0.4, -0.2) is 16.1 Å². The van der Waals surface area contributed by atoms with Crippen molar-refractivity contribution in [1.29, 1.82) is 0 Å². The minimum atomic E-state index is -0.857. The van der Waals surface area contributed by atoms with E-state index in [9.17, 15) is 4.79 Å². The number of rotatable bonds is 2. The van der Waals surface area contributed by atoms with Crippen LogP contribution < -0.4 is 0 Å². The van der Waals surface area contributed by atoms with Gasteiger partial charge in [-0.05, 0) is 35.0 Å². The zero-order chi connectivity index (χ0) is 9.14. The monoisotopic (exact) mass is 229 g/mol. The van der Waals surface area contributed by atoms with Gasteiger partial charge in [0, 0.05) is 4.47 Å². The largest absolute Gasteiger partial charge is 0.481 e. The number of carboxylic acid groups (broad SMARTS) is 1. The molecule has 0 aliphatic heterocycles. The quantitative estimate of drug-likeness (QED) is 0.842. The number of carboxylic acids is 1. The molecule has 1 aromatic rings. The molecule has 12 heavy (non-hydrogen) atoms. The molecule has 0 atom stereocenters. The highest BCUT2D eigenvalue weighted by molar-refractivity contribution is 9.10. The topological polar surface area (TPSA) is 50.2 Å². The Kier molecular flexibility index (Phi) is 2.81. The summed E-state index contributed by atoms with van der Waals surface area (Å²) in [6.45, 7) is 1.83.